The molecular formula is C20H30ClN3O3. The van der Waals surface area contributed by atoms with Gasteiger partial charge in [-0.25, -0.2) is 9.59 Å². The van der Waals surface area contributed by atoms with Crippen molar-refractivity contribution in [1.29, 1.82) is 0 Å². The molecule has 150 valence electrons. The smallest absolute Gasteiger partial charge is 0.422 e. The first kappa shape index (κ1) is 21.5. The van der Waals surface area contributed by atoms with Crippen LogP contribution < -0.4 is 5.69 Å². The number of halogens is 1. The van der Waals surface area contributed by atoms with Crippen molar-refractivity contribution in [2.45, 2.75) is 46.1 Å². The summed E-state index contributed by atoms with van der Waals surface area (Å²) >= 11 is 0. The Balaban J connectivity index is 0.00000261. The molecule has 0 bridgehead atoms. The summed E-state index contributed by atoms with van der Waals surface area (Å²) in [6, 6.07) is 7.35. The Morgan fingerprint density at radius 1 is 1.15 bits per heavy atom. The van der Waals surface area contributed by atoms with Gasteiger partial charge in [0.2, 0.25) is 0 Å². The lowest BCUT2D eigenvalue weighted by atomic mass is 9.98. The average molecular weight is 396 g/mol. The summed E-state index contributed by atoms with van der Waals surface area (Å²) in [5.41, 5.74) is 1.05. The van der Waals surface area contributed by atoms with Crippen molar-refractivity contribution in [3.8, 4) is 0 Å². The van der Waals surface area contributed by atoms with Crippen LogP contribution in [0, 0.1) is 5.92 Å². The molecule has 2 heterocycles. The third kappa shape index (κ3) is 4.74. The molecule has 1 fully saturated rings. The Morgan fingerprint density at radius 2 is 1.81 bits per heavy atom. The minimum absolute atomic E-state index is 0. The molecule has 0 aliphatic carbocycles. The van der Waals surface area contributed by atoms with Gasteiger partial charge in [0, 0.05) is 6.54 Å². The van der Waals surface area contributed by atoms with Crippen LogP contribution in [0.2, 0.25) is 0 Å². The van der Waals surface area contributed by atoms with Crippen LogP contribution in [0.4, 0.5) is 4.79 Å². The van der Waals surface area contributed by atoms with Gasteiger partial charge >= 0.3 is 11.8 Å². The van der Waals surface area contributed by atoms with Crippen LogP contribution in [0.5, 0.6) is 0 Å². The molecular weight excluding hydrogens is 366 g/mol. The van der Waals surface area contributed by atoms with Crippen LogP contribution in [-0.2, 0) is 11.3 Å². The number of imidazole rings is 1. The number of hydrogen-bond donors (Lipinski definition) is 0. The first-order valence-electron chi connectivity index (χ1n) is 9.75. The fraction of sp³-hybridized carbons (Fsp3) is 0.600. The van der Waals surface area contributed by atoms with Gasteiger partial charge in [-0.2, -0.15) is 4.57 Å². The van der Waals surface area contributed by atoms with Crippen molar-refractivity contribution < 1.29 is 9.53 Å². The first-order chi connectivity index (χ1) is 12.7. The number of aromatic nitrogens is 2. The van der Waals surface area contributed by atoms with E-state index in [4.69, 9.17) is 4.74 Å². The summed E-state index contributed by atoms with van der Waals surface area (Å²) < 4.78 is 8.28. The van der Waals surface area contributed by atoms with Crippen molar-refractivity contribution in [3.63, 3.8) is 0 Å². The van der Waals surface area contributed by atoms with Crippen molar-refractivity contribution in [1.82, 2.24) is 14.0 Å². The van der Waals surface area contributed by atoms with Crippen LogP contribution in [0.25, 0.3) is 11.0 Å². The maximum Gasteiger partial charge on any atom is 0.422 e. The molecule has 0 atom stereocenters. The lowest BCUT2D eigenvalue weighted by Gasteiger charge is -2.31. The van der Waals surface area contributed by atoms with E-state index in [9.17, 15) is 9.59 Å². The number of likely N-dealkylation sites (tertiary alicyclic amines) is 1. The molecule has 2 aromatic rings. The minimum atomic E-state index is -0.563. The maximum absolute atomic E-state index is 12.6. The normalized spacial score (nSPS) is 15.6. The largest absolute Gasteiger partial charge is 0.449 e. The molecule has 0 unspecified atom stereocenters. The maximum atomic E-state index is 12.6. The number of carbonyl (C=O) groups excluding carboxylic acids is 1. The van der Waals surface area contributed by atoms with Crippen LogP contribution in [0.1, 0.15) is 39.5 Å². The van der Waals surface area contributed by atoms with Crippen LogP contribution in [-0.4, -0.2) is 46.4 Å². The lowest BCUT2D eigenvalue weighted by Crippen LogP contribution is -2.36. The number of fused-ring (bicyclic) bond motifs is 1. The summed E-state index contributed by atoms with van der Waals surface area (Å²) in [5, 5.41) is 0. The Morgan fingerprint density at radius 3 is 2.44 bits per heavy atom. The lowest BCUT2D eigenvalue weighted by molar-refractivity contribution is 0.0968. The van der Waals surface area contributed by atoms with Gasteiger partial charge in [0.25, 0.3) is 0 Å². The fourth-order valence-corrected chi connectivity index (χ4v) is 3.70. The molecule has 3 rings (SSSR count). The predicted octanol–water partition coefficient (Wildman–Crippen LogP) is 3.74. The number of benzene rings is 1. The molecule has 7 heteroatoms. The van der Waals surface area contributed by atoms with Crippen LogP contribution in [0.15, 0.2) is 29.1 Å². The number of nitrogens with zero attached hydrogens (tertiary/aromatic N) is 3. The van der Waals surface area contributed by atoms with Gasteiger partial charge in [0.1, 0.15) is 0 Å². The monoisotopic (exact) mass is 395 g/mol. The van der Waals surface area contributed by atoms with Gasteiger partial charge in [-0.15, -0.1) is 12.4 Å². The van der Waals surface area contributed by atoms with E-state index in [1.165, 1.54) is 12.8 Å². The van der Waals surface area contributed by atoms with E-state index in [0.29, 0.717) is 24.6 Å². The number of unbranched alkanes of at least 4 members (excludes halogenated alkanes) is 1. The molecule has 0 spiro atoms. The fourth-order valence-electron chi connectivity index (χ4n) is 3.70. The molecule has 0 N–H and O–H groups in total. The first-order valence-corrected chi connectivity index (χ1v) is 9.75. The number of hydrogen-bond acceptors (Lipinski definition) is 4. The molecule has 0 amide bonds. The highest BCUT2D eigenvalue weighted by molar-refractivity contribution is 5.86. The predicted molar refractivity (Wildman–Crippen MR) is 110 cm³/mol. The molecule has 1 aromatic carbocycles. The second-order valence-electron chi connectivity index (χ2n) is 7.07. The summed E-state index contributed by atoms with van der Waals surface area (Å²) in [5.74, 6) is 0.382. The van der Waals surface area contributed by atoms with E-state index in [0.717, 1.165) is 42.6 Å². The molecule has 6 nitrogen and oxygen atoms in total. The molecule has 0 radical (unpaired) electrons. The third-order valence-corrected chi connectivity index (χ3v) is 5.31. The second kappa shape index (κ2) is 9.95. The summed E-state index contributed by atoms with van der Waals surface area (Å²) in [7, 11) is 0. The van der Waals surface area contributed by atoms with Gasteiger partial charge in [-0.1, -0.05) is 25.5 Å². The Labute approximate surface area is 166 Å². The van der Waals surface area contributed by atoms with Crippen molar-refractivity contribution in [3.05, 3.63) is 34.7 Å². The quantitative estimate of drug-likeness (QED) is 0.747. The number of rotatable bonds is 6. The zero-order valence-electron chi connectivity index (χ0n) is 16.2. The molecule has 27 heavy (non-hydrogen) atoms. The van der Waals surface area contributed by atoms with Crippen molar-refractivity contribution in [2.75, 3.05) is 26.2 Å². The van der Waals surface area contributed by atoms with E-state index >= 15 is 0 Å². The van der Waals surface area contributed by atoms with E-state index in [2.05, 4.69) is 11.8 Å². The average Bonchev–Trinajstić information content (AvgIpc) is 2.96. The van der Waals surface area contributed by atoms with E-state index in [-0.39, 0.29) is 18.1 Å². The van der Waals surface area contributed by atoms with Gasteiger partial charge < -0.3 is 9.64 Å². The molecule has 1 aliphatic rings. The zero-order valence-corrected chi connectivity index (χ0v) is 17.0. The third-order valence-electron chi connectivity index (χ3n) is 5.31. The standard InChI is InChI=1S/C20H29N3O3.ClH/c1-3-5-12-21-13-10-16(11-14-21)15-26-20(25)23-18-9-7-6-8-17(18)22(4-2)19(23)24;/h6-9,16H,3-5,10-15H2,1-2H3;1H. The van der Waals surface area contributed by atoms with Crippen LogP contribution in [0.3, 0.4) is 0 Å². The van der Waals surface area contributed by atoms with Gasteiger partial charge in [-0.3, -0.25) is 4.57 Å². The summed E-state index contributed by atoms with van der Waals surface area (Å²) in [6.07, 6.45) is 3.99. The minimum Gasteiger partial charge on any atom is -0.449 e. The Bertz CT molecular complexity index is 806. The summed E-state index contributed by atoms with van der Waals surface area (Å²) in [4.78, 5) is 27.6. The van der Waals surface area contributed by atoms with Crippen molar-refractivity contribution >= 4 is 29.5 Å². The van der Waals surface area contributed by atoms with Gasteiger partial charge in [-0.05, 0) is 63.9 Å². The van der Waals surface area contributed by atoms with Gasteiger partial charge in [0.05, 0.1) is 17.6 Å². The van der Waals surface area contributed by atoms with Crippen molar-refractivity contribution in [2.24, 2.45) is 5.92 Å². The highest BCUT2D eigenvalue weighted by atomic mass is 35.5. The Hall–Kier alpha value is -1.79. The number of para-hydroxylation sites is 2. The van der Waals surface area contributed by atoms with Crippen LogP contribution >= 0.6 is 12.4 Å². The topological polar surface area (TPSA) is 56.5 Å². The number of carbonyl (C=O) groups is 1. The van der Waals surface area contributed by atoms with E-state index in [1.807, 2.05) is 25.1 Å². The molecule has 1 saturated heterocycles. The molecule has 0 saturated carbocycles. The Kier molecular flexibility index (Phi) is 7.92. The number of piperidine rings is 1. The summed E-state index contributed by atoms with van der Waals surface area (Å²) in [6.45, 7) is 8.32. The number of aryl methyl sites for hydroxylation is 1. The van der Waals surface area contributed by atoms with E-state index in [1.54, 1.807) is 10.6 Å². The molecule has 1 aliphatic heterocycles. The second-order valence-corrected chi connectivity index (χ2v) is 7.07. The highest BCUT2D eigenvalue weighted by Crippen LogP contribution is 2.19. The SMILES string of the molecule is CCCCN1CCC(COC(=O)n2c(=O)n(CC)c3ccccc32)CC1.Cl. The molecule has 1 aromatic heterocycles. The van der Waals surface area contributed by atoms with E-state index < -0.39 is 6.09 Å². The number of ether oxygens (including phenoxy) is 1. The highest BCUT2D eigenvalue weighted by Gasteiger charge is 2.23. The zero-order chi connectivity index (χ0) is 18.5. The van der Waals surface area contributed by atoms with Gasteiger partial charge in [0.15, 0.2) is 0 Å².